The van der Waals surface area contributed by atoms with Gasteiger partial charge >= 0.3 is 6.09 Å². The van der Waals surface area contributed by atoms with Crippen LogP contribution in [0.25, 0.3) is 0 Å². The van der Waals surface area contributed by atoms with Crippen LogP contribution in [-0.4, -0.2) is 59.1 Å². The summed E-state index contributed by atoms with van der Waals surface area (Å²) in [4.78, 5) is 32.9. The number of benzene rings is 1. The first kappa shape index (κ1) is 22.7. The summed E-state index contributed by atoms with van der Waals surface area (Å²) in [6.45, 7) is 2.74. The van der Waals surface area contributed by atoms with Gasteiger partial charge in [0.2, 0.25) is 5.91 Å². The molecule has 1 aromatic heterocycles. The molecule has 1 unspecified atom stereocenters. The Hall–Kier alpha value is -3.46. The number of piperidine rings is 1. The van der Waals surface area contributed by atoms with Gasteiger partial charge in [0, 0.05) is 32.0 Å². The van der Waals surface area contributed by atoms with Gasteiger partial charge in [-0.2, -0.15) is 4.99 Å². The topological polar surface area (TPSA) is 130 Å². The van der Waals surface area contributed by atoms with Crippen LogP contribution in [0.2, 0.25) is 0 Å². The van der Waals surface area contributed by atoms with Crippen LogP contribution in [0, 0.1) is 5.92 Å². The van der Waals surface area contributed by atoms with Crippen LogP contribution >= 0.6 is 0 Å². The van der Waals surface area contributed by atoms with Crippen molar-refractivity contribution in [2.45, 2.75) is 31.7 Å². The fourth-order valence-electron chi connectivity index (χ4n) is 4.41. The summed E-state index contributed by atoms with van der Waals surface area (Å²) in [5.41, 5.74) is 8.91. The second kappa shape index (κ2) is 10.4. The highest BCUT2D eigenvalue weighted by molar-refractivity contribution is 5.94. The average molecular weight is 452 g/mol. The molecule has 0 spiro atoms. The number of ether oxygens (including phenoxy) is 1. The normalized spacial score (nSPS) is 19.1. The number of hydrogen-bond acceptors (Lipinski definition) is 5. The third-order valence-electron chi connectivity index (χ3n) is 6.25. The molecule has 0 saturated carbocycles. The van der Waals surface area contributed by atoms with E-state index in [-0.39, 0.29) is 11.7 Å². The molecule has 1 atom stereocenters. The van der Waals surface area contributed by atoms with Gasteiger partial charge in [0.05, 0.1) is 19.1 Å². The molecule has 9 nitrogen and oxygen atoms in total. The highest BCUT2D eigenvalue weighted by atomic mass is 16.5. The first-order valence-electron chi connectivity index (χ1n) is 11.2. The van der Waals surface area contributed by atoms with Crippen LogP contribution in [0.1, 0.15) is 35.6 Å². The number of fused-ring (bicyclic) bond motifs is 1. The maximum atomic E-state index is 12.6. The number of nitrogens with two attached hydrogens (primary N) is 1. The zero-order chi connectivity index (χ0) is 23.2. The third kappa shape index (κ3) is 5.87. The smallest absolute Gasteiger partial charge is 0.432 e. The van der Waals surface area contributed by atoms with Gasteiger partial charge in [-0.1, -0.05) is 6.07 Å². The number of likely N-dealkylation sites (tertiary alicyclic amines) is 1. The maximum Gasteiger partial charge on any atom is 0.432 e. The first-order valence-corrected chi connectivity index (χ1v) is 11.2. The summed E-state index contributed by atoms with van der Waals surface area (Å²) in [5.74, 6) is 1.28. The van der Waals surface area contributed by atoms with Gasteiger partial charge in [0.25, 0.3) is 0 Å². The Morgan fingerprint density at radius 2 is 1.97 bits per heavy atom. The second-order valence-corrected chi connectivity index (χ2v) is 8.48. The van der Waals surface area contributed by atoms with Gasteiger partial charge in [-0.3, -0.25) is 9.78 Å². The molecule has 9 heteroatoms. The number of rotatable bonds is 6. The van der Waals surface area contributed by atoms with Crippen molar-refractivity contribution in [2.24, 2.45) is 16.6 Å². The van der Waals surface area contributed by atoms with E-state index in [9.17, 15) is 9.59 Å². The highest BCUT2D eigenvalue weighted by Crippen LogP contribution is 2.28. The number of aliphatic imine (C=N–C) groups is 1. The number of pyridine rings is 1. The number of amidine groups is 1. The molecule has 3 heterocycles. The van der Waals surface area contributed by atoms with Gasteiger partial charge < -0.3 is 25.8 Å². The molecule has 33 heavy (non-hydrogen) atoms. The molecule has 2 amide bonds. The molecule has 0 bridgehead atoms. The molecule has 0 aliphatic carbocycles. The van der Waals surface area contributed by atoms with E-state index in [1.54, 1.807) is 12.4 Å². The zero-order valence-electron chi connectivity index (χ0n) is 18.4. The summed E-state index contributed by atoms with van der Waals surface area (Å²) in [6.07, 6.45) is 5.14. The zero-order valence-corrected chi connectivity index (χ0v) is 18.4. The minimum Gasteiger partial charge on any atom is -0.493 e. The molecular formula is C24H29N5O4. The third-order valence-corrected chi connectivity index (χ3v) is 6.25. The Bertz CT molecular complexity index is 1020. The number of carbonyl (C=O) groups is 2. The van der Waals surface area contributed by atoms with Crippen molar-refractivity contribution in [3.8, 4) is 5.75 Å². The SMILES string of the molecule is NC(=NC(=O)O)C1NCCc2ccc(OCC3CCN(C(=O)Cc4ccncc4)CC3)cc21. The van der Waals surface area contributed by atoms with Crippen LogP contribution in [0.3, 0.4) is 0 Å². The van der Waals surface area contributed by atoms with Crippen molar-refractivity contribution in [1.82, 2.24) is 15.2 Å². The van der Waals surface area contributed by atoms with Crippen molar-refractivity contribution < 1.29 is 19.4 Å². The summed E-state index contributed by atoms with van der Waals surface area (Å²) in [7, 11) is 0. The van der Waals surface area contributed by atoms with Crippen LogP contribution in [0.5, 0.6) is 5.75 Å². The standard InChI is InChI=1S/C24H29N5O4/c25-23(28-24(31)32)22-20-14-19(2-1-18(20)5-10-27-22)33-15-17-6-11-29(12-7-17)21(30)13-16-3-8-26-9-4-16/h1-4,8-9,14,17,22,27H,5-7,10-13,15H2,(H2,25,28)(H,31,32). The van der Waals surface area contributed by atoms with Crippen molar-refractivity contribution in [1.29, 1.82) is 0 Å². The Kier molecular flexibility index (Phi) is 7.19. The fraction of sp³-hybridized carbons (Fsp3) is 0.417. The minimum absolute atomic E-state index is 0.0319. The summed E-state index contributed by atoms with van der Waals surface area (Å²) < 4.78 is 6.08. The Morgan fingerprint density at radius 3 is 2.70 bits per heavy atom. The molecule has 1 saturated heterocycles. The number of nitrogens with one attached hydrogen (secondary N) is 1. The largest absolute Gasteiger partial charge is 0.493 e. The molecule has 2 aliphatic heterocycles. The van der Waals surface area contributed by atoms with E-state index in [4.69, 9.17) is 15.6 Å². The van der Waals surface area contributed by atoms with Crippen molar-refractivity contribution in [3.63, 3.8) is 0 Å². The molecule has 2 aromatic rings. The minimum atomic E-state index is -1.31. The highest BCUT2D eigenvalue weighted by Gasteiger charge is 2.26. The Labute approximate surface area is 192 Å². The molecule has 2 aliphatic rings. The molecule has 1 aromatic carbocycles. The van der Waals surface area contributed by atoms with E-state index in [0.29, 0.717) is 25.5 Å². The number of carbonyl (C=O) groups excluding carboxylic acids is 1. The van der Waals surface area contributed by atoms with Crippen molar-refractivity contribution >= 4 is 17.8 Å². The lowest BCUT2D eigenvalue weighted by atomic mass is 9.93. The lowest BCUT2D eigenvalue weighted by Crippen LogP contribution is -2.40. The predicted molar refractivity (Wildman–Crippen MR) is 123 cm³/mol. The van der Waals surface area contributed by atoms with E-state index in [0.717, 1.165) is 54.8 Å². The lowest BCUT2D eigenvalue weighted by Gasteiger charge is -2.32. The van der Waals surface area contributed by atoms with Crippen molar-refractivity contribution in [2.75, 3.05) is 26.2 Å². The van der Waals surface area contributed by atoms with Crippen LogP contribution in [-0.2, 0) is 17.6 Å². The Morgan fingerprint density at radius 1 is 1.21 bits per heavy atom. The van der Waals surface area contributed by atoms with E-state index in [2.05, 4.69) is 15.3 Å². The van der Waals surface area contributed by atoms with Crippen LogP contribution < -0.4 is 15.8 Å². The second-order valence-electron chi connectivity index (χ2n) is 8.48. The average Bonchev–Trinajstić information content (AvgIpc) is 2.82. The molecule has 0 radical (unpaired) electrons. The first-order chi connectivity index (χ1) is 16.0. The molecular weight excluding hydrogens is 422 g/mol. The van der Waals surface area contributed by atoms with Gasteiger partial charge in [-0.05, 0) is 66.1 Å². The number of amides is 2. The maximum absolute atomic E-state index is 12.6. The van der Waals surface area contributed by atoms with E-state index in [1.165, 1.54) is 0 Å². The fourth-order valence-corrected chi connectivity index (χ4v) is 4.41. The summed E-state index contributed by atoms with van der Waals surface area (Å²) in [6, 6.07) is 9.18. The van der Waals surface area contributed by atoms with E-state index in [1.807, 2.05) is 35.2 Å². The lowest BCUT2D eigenvalue weighted by molar-refractivity contribution is -0.132. The Balaban J connectivity index is 1.30. The molecule has 1 fully saturated rings. The predicted octanol–water partition coefficient (Wildman–Crippen LogP) is 2.16. The summed E-state index contributed by atoms with van der Waals surface area (Å²) in [5, 5.41) is 12.2. The van der Waals surface area contributed by atoms with E-state index >= 15 is 0 Å². The molecule has 174 valence electrons. The number of carboxylic acid groups (broad SMARTS) is 1. The number of nitrogens with zero attached hydrogens (tertiary/aromatic N) is 3. The van der Waals surface area contributed by atoms with Gasteiger partial charge in [0.1, 0.15) is 11.6 Å². The molecule has 4 rings (SSSR count). The van der Waals surface area contributed by atoms with E-state index < -0.39 is 12.1 Å². The van der Waals surface area contributed by atoms with Gasteiger partial charge in [-0.15, -0.1) is 0 Å². The van der Waals surface area contributed by atoms with Gasteiger partial charge in [-0.25, -0.2) is 4.79 Å². The summed E-state index contributed by atoms with van der Waals surface area (Å²) >= 11 is 0. The number of aromatic nitrogens is 1. The molecule has 4 N–H and O–H groups in total. The number of hydrogen-bond donors (Lipinski definition) is 3. The van der Waals surface area contributed by atoms with Crippen molar-refractivity contribution in [3.05, 3.63) is 59.4 Å². The van der Waals surface area contributed by atoms with Crippen LogP contribution in [0.15, 0.2) is 47.7 Å². The van der Waals surface area contributed by atoms with Gasteiger partial charge in [0.15, 0.2) is 0 Å². The quantitative estimate of drug-likeness (QED) is 0.453. The van der Waals surface area contributed by atoms with Crippen LogP contribution in [0.4, 0.5) is 4.79 Å². The monoisotopic (exact) mass is 451 g/mol.